The van der Waals surface area contributed by atoms with Gasteiger partial charge >= 0.3 is 0 Å². The van der Waals surface area contributed by atoms with Crippen molar-refractivity contribution in [2.75, 3.05) is 5.32 Å². The number of anilines is 1. The Morgan fingerprint density at radius 3 is 2.00 bits per heavy atom. The molecule has 0 atom stereocenters. The molecule has 1 aromatic carbocycles. The zero-order valence-electron chi connectivity index (χ0n) is 9.47. The summed E-state index contributed by atoms with van der Waals surface area (Å²) in [4.78, 5) is 32.3. The molecule has 0 saturated heterocycles. The zero-order valence-corrected chi connectivity index (χ0v) is 9.47. The van der Waals surface area contributed by atoms with Gasteiger partial charge in [0.15, 0.2) is 11.6 Å². The van der Waals surface area contributed by atoms with E-state index in [2.05, 4.69) is 5.32 Å². The lowest BCUT2D eigenvalue weighted by Gasteiger charge is -2.13. The number of non-ortho nitro benzene ring substituents is 1. The number of carbonyl (C=O) groups excluding carboxylic acids is 2. The summed E-state index contributed by atoms with van der Waals surface area (Å²) >= 11 is 0. The Hall–Kier alpha value is -2.24. The molecule has 0 aliphatic heterocycles. The Morgan fingerprint density at radius 2 is 1.65 bits per heavy atom. The molecule has 1 aromatic rings. The first kappa shape index (κ1) is 12.8. The van der Waals surface area contributed by atoms with Gasteiger partial charge in [-0.25, -0.2) is 0 Å². The molecule has 0 radical (unpaired) electrons. The van der Waals surface area contributed by atoms with Gasteiger partial charge in [0.2, 0.25) is 0 Å². The van der Waals surface area contributed by atoms with Crippen molar-refractivity contribution in [2.24, 2.45) is 0 Å². The van der Waals surface area contributed by atoms with Crippen LogP contribution in [-0.4, -0.2) is 22.5 Å². The number of rotatable bonds is 5. The van der Waals surface area contributed by atoms with Gasteiger partial charge in [-0.2, -0.15) is 0 Å². The van der Waals surface area contributed by atoms with E-state index in [-0.39, 0.29) is 17.3 Å². The second-order valence-electron chi connectivity index (χ2n) is 3.60. The number of benzene rings is 1. The SMILES string of the molecule is CC(=O)C(Nc1ccc([N+](=O)[O-])cc1)C(C)=O. The minimum absolute atomic E-state index is 0.0437. The number of carbonyl (C=O) groups is 2. The number of ketones is 2. The van der Waals surface area contributed by atoms with Crippen LogP contribution in [0, 0.1) is 10.1 Å². The molecule has 0 amide bonds. The summed E-state index contributed by atoms with van der Waals surface area (Å²) < 4.78 is 0. The first-order valence-electron chi connectivity index (χ1n) is 4.93. The standard InChI is InChI=1S/C11H12N2O4/c1-7(14)11(8(2)15)12-9-3-5-10(6-4-9)13(16)17/h3-6,11-12H,1-2H3. The van der Waals surface area contributed by atoms with Crippen molar-refractivity contribution in [3.63, 3.8) is 0 Å². The monoisotopic (exact) mass is 236 g/mol. The molecule has 0 fully saturated rings. The first-order valence-corrected chi connectivity index (χ1v) is 4.93. The van der Waals surface area contributed by atoms with Crippen LogP contribution >= 0.6 is 0 Å². The minimum atomic E-state index is -0.906. The average Bonchev–Trinajstić information content (AvgIpc) is 2.25. The molecular formula is C11H12N2O4. The van der Waals surface area contributed by atoms with E-state index in [1.54, 1.807) is 0 Å². The molecule has 0 aliphatic carbocycles. The van der Waals surface area contributed by atoms with Crippen LogP contribution in [-0.2, 0) is 9.59 Å². The van der Waals surface area contributed by atoms with E-state index >= 15 is 0 Å². The molecular weight excluding hydrogens is 224 g/mol. The zero-order chi connectivity index (χ0) is 13.0. The molecule has 0 spiro atoms. The van der Waals surface area contributed by atoms with E-state index in [1.165, 1.54) is 38.1 Å². The molecule has 1 rings (SSSR count). The van der Waals surface area contributed by atoms with E-state index in [1.807, 2.05) is 0 Å². The van der Waals surface area contributed by atoms with Gasteiger partial charge in [0.05, 0.1) is 4.92 Å². The van der Waals surface area contributed by atoms with Gasteiger partial charge in [-0.3, -0.25) is 19.7 Å². The van der Waals surface area contributed by atoms with Gasteiger partial charge in [0.25, 0.3) is 5.69 Å². The summed E-state index contributed by atoms with van der Waals surface area (Å²) in [6.45, 7) is 2.62. The average molecular weight is 236 g/mol. The van der Waals surface area contributed by atoms with E-state index in [4.69, 9.17) is 0 Å². The van der Waals surface area contributed by atoms with Crippen molar-refractivity contribution in [3.05, 3.63) is 34.4 Å². The highest BCUT2D eigenvalue weighted by molar-refractivity contribution is 6.06. The Kier molecular flexibility index (Phi) is 3.92. The Morgan fingerprint density at radius 1 is 1.18 bits per heavy atom. The maximum absolute atomic E-state index is 11.2. The van der Waals surface area contributed by atoms with Crippen molar-refractivity contribution < 1.29 is 14.5 Å². The topological polar surface area (TPSA) is 89.3 Å². The van der Waals surface area contributed by atoms with E-state index in [9.17, 15) is 19.7 Å². The lowest BCUT2D eigenvalue weighted by Crippen LogP contribution is -2.34. The van der Waals surface area contributed by atoms with E-state index in [0.29, 0.717) is 5.69 Å². The summed E-state index contributed by atoms with van der Waals surface area (Å²) in [5.41, 5.74) is 0.448. The normalized spacial score (nSPS) is 10.1. The predicted molar refractivity (Wildman–Crippen MR) is 61.9 cm³/mol. The Labute approximate surface area is 97.8 Å². The van der Waals surface area contributed by atoms with E-state index in [0.717, 1.165) is 0 Å². The van der Waals surface area contributed by atoms with Gasteiger partial charge in [0.1, 0.15) is 6.04 Å². The first-order chi connectivity index (χ1) is 7.91. The molecule has 0 aromatic heterocycles. The second kappa shape index (κ2) is 5.20. The maximum Gasteiger partial charge on any atom is 0.269 e. The maximum atomic E-state index is 11.2. The highest BCUT2D eigenvalue weighted by atomic mass is 16.6. The molecule has 0 aliphatic rings. The molecule has 90 valence electrons. The smallest absolute Gasteiger partial charge is 0.269 e. The number of hydrogen-bond donors (Lipinski definition) is 1. The number of nitro benzene ring substituents is 1. The summed E-state index contributed by atoms with van der Waals surface area (Å²) in [5.74, 6) is -0.591. The minimum Gasteiger partial charge on any atom is -0.369 e. The Balaban J connectivity index is 2.84. The van der Waals surface area contributed by atoms with Gasteiger partial charge in [0, 0.05) is 17.8 Å². The number of nitrogens with one attached hydrogen (secondary N) is 1. The van der Waals surface area contributed by atoms with Crippen LogP contribution < -0.4 is 5.32 Å². The third-order valence-corrected chi connectivity index (χ3v) is 2.20. The van der Waals surface area contributed by atoms with E-state index < -0.39 is 11.0 Å². The van der Waals surface area contributed by atoms with Crippen LogP contribution in [0.4, 0.5) is 11.4 Å². The number of nitrogens with zero attached hydrogens (tertiary/aromatic N) is 1. The highest BCUT2D eigenvalue weighted by Gasteiger charge is 2.19. The number of nitro groups is 1. The number of Topliss-reactive ketones (excluding diaryl/α,β-unsaturated/α-hetero) is 2. The molecule has 0 unspecified atom stereocenters. The number of hydrogen-bond acceptors (Lipinski definition) is 5. The van der Waals surface area contributed by atoms with Crippen LogP contribution in [0.3, 0.4) is 0 Å². The lowest BCUT2D eigenvalue weighted by atomic mass is 10.1. The van der Waals surface area contributed by atoms with Gasteiger partial charge < -0.3 is 5.32 Å². The van der Waals surface area contributed by atoms with Crippen molar-refractivity contribution in [1.29, 1.82) is 0 Å². The van der Waals surface area contributed by atoms with Crippen molar-refractivity contribution in [2.45, 2.75) is 19.9 Å². The van der Waals surface area contributed by atoms with Gasteiger partial charge in [-0.1, -0.05) is 0 Å². The molecule has 1 N–H and O–H groups in total. The van der Waals surface area contributed by atoms with Crippen molar-refractivity contribution in [3.8, 4) is 0 Å². The molecule has 17 heavy (non-hydrogen) atoms. The second-order valence-corrected chi connectivity index (χ2v) is 3.60. The lowest BCUT2D eigenvalue weighted by molar-refractivity contribution is -0.384. The molecule has 0 bridgehead atoms. The summed E-state index contributed by atoms with van der Waals surface area (Å²) in [6.07, 6.45) is 0. The van der Waals surface area contributed by atoms with Crippen molar-refractivity contribution >= 4 is 22.9 Å². The third kappa shape index (κ3) is 3.37. The fraction of sp³-hybridized carbons (Fsp3) is 0.273. The third-order valence-electron chi connectivity index (χ3n) is 2.20. The van der Waals surface area contributed by atoms with Crippen LogP contribution in [0.5, 0.6) is 0 Å². The van der Waals surface area contributed by atoms with Gasteiger partial charge in [-0.15, -0.1) is 0 Å². The Bertz CT molecular complexity index is 439. The molecule has 6 heteroatoms. The predicted octanol–water partition coefficient (Wildman–Crippen LogP) is 1.55. The molecule has 6 nitrogen and oxygen atoms in total. The van der Waals surface area contributed by atoms with Crippen LogP contribution in [0.2, 0.25) is 0 Å². The summed E-state index contributed by atoms with van der Waals surface area (Å²) in [5, 5.41) is 13.2. The summed E-state index contributed by atoms with van der Waals surface area (Å²) in [7, 11) is 0. The van der Waals surface area contributed by atoms with Crippen LogP contribution in [0.1, 0.15) is 13.8 Å². The van der Waals surface area contributed by atoms with Crippen LogP contribution in [0.15, 0.2) is 24.3 Å². The van der Waals surface area contributed by atoms with Crippen LogP contribution in [0.25, 0.3) is 0 Å². The highest BCUT2D eigenvalue weighted by Crippen LogP contribution is 2.16. The summed E-state index contributed by atoms with van der Waals surface area (Å²) in [6, 6.07) is 4.62. The molecule has 0 saturated carbocycles. The fourth-order valence-corrected chi connectivity index (χ4v) is 1.34. The fourth-order valence-electron chi connectivity index (χ4n) is 1.34. The quantitative estimate of drug-likeness (QED) is 0.476. The van der Waals surface area contributed by atoms with Gasteiger partial charge in [-0.05, 0) is 26.0 Å². The largest absolute Gasteiger partial charge is 0.369 e. The van der Waals surface area contributed by atoms with Crippen molar-refractivity contribution in [1.82, 2.24) is 0 Å². The molecule has 0 heterocycles.